The zero-order chi connectivity index (χ0) is 11.1. The molecule has 2 atom stereocenters. The topological polar surface area (TPSA) is 33.2 Å². The summed E-state index contributed by atoms with van der Waals surface area (Å²) >= 11 is 5.99. The van der Waals surface area contributed by atoms with Crippen LogP contribution in [0.3, 0.4) is 0 Å². The molecule has 2 heterocycles. The Morgan fingerprint density at radius 2 is 2.38 bits per heavy atom. The SMILES string of the molecule is O=C(c1ccncc1Cl)N1CC2CCC1C2. The van der Waals surface area contributed by atoms with E-state index in [-0.39, 0.29) is 5.91 Å². The maximum Gasteiger partial charge on any atom is 0.255 e. The molecule has 2 aliphatic rings. The number of fused-ring (bicyclic) bond motifs is 2. The molecule has 1 aromatic heterocycles. The molecule has 4 heteroatoms. The highest BCUT2D eigenvalue weighted by molar-refractivity contribution is 6.33. The van der Waals surface area contributed by atoms with Gasteiger partial charge in [-0.15, -0.1) is 0 Å². The van der Waals surface area contributed by atoms with Gasteiger partial charge in [-0.3, -0.25) is 9.78 Å². The van der Waals surface area contributed by atoms with E-state index in [0.29, 0.717) is 16.6 Å². The molecular weight excluding hydrogens is 224 g/mol. The summed E-state index contributed by atoms with van der Waals surface area (Å²) in [7, 11) is 0. The lowest BCUT2D eigenvalue weighted by Gasteiger charge is -2.27. The normalized spacial score (nSPS) is 27.4. The van der Waals surface area contributed by atoms with Gasteiger partial charge in [-0.2, -0.15) is 0 Å². The number of hydrogen-bond acceptors (Lipinski definition) is 2. The van der Waals surface area contributed by atoms with Gasteiger partial charge in [0.2, 0.25) is 0 Å². The van der Waals surface area contributed by atoms with Crippen LogP contribution < -0.4 is 0 Å². The molecule has 2 unspecified atom stereocenters. The van der Waals surface area contributed by atoms with Crippen LogP contribution in [0, 0.1) is 5.92 Å². The number of aromatic nitrogens is 1. The zero-order valence-corrected chi connectivity index (χ0v) is 9.65. The van der Waals surface area contributed by atoms with E-state index in [4.69, 9.17) is 11.6 Å². The van der Waals surface area contributed by atoms with Crippen LogP contribution in [0.25, 0.3) is 0 Å². The van der Waals surface area contributed by atoms with Gasteiger partial charge in [0.1, 0.15) is 0 Å². The molecule has 1 saturated heterocycles. The Hall–Kier alpha value is -1.09. The summed E-state index contributed by atoms with van der Waals surface area (Å²) in [6.45, 7) is 0.905. The highest BCUT2D eigenvalue weighted by atomic mass is 35.5. The van der Waals surface area contributed by atoms with Crippen molar-refractivity contribution in [3.05, 3.63) is 29.0 Å². The Labute approximate surface area is 99.4 Å². The number of amides is 1. The van der Waals surface area contributed by atoms with Crippen LogP contribution in [-0.2, 0) is 0 Å². The Morgan fingerprint density at radius 3 is 3.00 bits per heavy atom. The molecule has 0 radical (unpaired) electrons. The van der Waals surface area contributed by atoms with E-state index in [1.807, 2.05) is 4.90 Å². The molecule has 1 saturated carbocycles. The molecule has 3 rings (SSSR count). The van der Waals surface area contributed by atoms with Crippen LogP contribution in [-0.4, -0.2) is 28.4 Å². The molecule has 3 nitrogen and oxygen atoms in total. The first-order valence-electron chi connectivity index (χ1n) is 5.66. The first-order valence-corrected chi connectivity index (χ1v) is 6.04. The monoisotopic (exact) mass is 236 g/mol. The second kappa shape index (κ2) is 3.74. The molecule has 16 heavy (non-hydrogen) atoms. The van der Waals surface area contributed by atoms with E-state index >= 15 is 0 Å². The van der Waals surface area contributed by atoms with Crippen LogP contribution in [0.5, 0.6) is 0 Å². The Bertz CT molecular complexity index is 435. The van der Waals surface area contributed by atoms with E-state index < -0.39 is 0 Å². The van der Waals surface area contributed by atoms with Gasteiger partial charge in [-0.25, -0.2) is 0 Å². The van der Waals surface area contributed by atoms with Gasteiger partial charge in [-0.05, 0) is 31.2 Å². The van der Waals surface area contributed by atoms with Crippen molar-refractivity contribution in [2.24, 2.45) is 5.92 Å². The lowest BCUT2D eigenvalue weighted by Crippen LogP contribution is -2.37. The third kappa shape index (κ3) is 1.50. The van der Waals surface area contributed by atoms with Crippen molar-refractivity contribution in [3.63, 3.8) is 0 Å². The van der Waals surface area contributed by atoms with E-state index in [0.717, 1.165) is 18.9 Å². The summed E-state index contributed by atoms with van der Waals surface area (Å²) in [5.41, 5.74) is 0.587. The van der Waals surface area contributed by atoms with Gasteiger partial charge in [0.15, 0.2) is 0 Å². The Balaban J connectivity index is 1.86. The van der Waals surface area contributed by atoms with Crippen LogP contribution >= 0.6 is 11.6 Å². The number of carbonyl (C=O) groups is 1. The number of likely N-dealkylation sites (tertiary alicyclic amines) is 1. The number of rotatable bonds is 1. The van der Waals surface area contributed by atoms with Crippen molar-refractivity contribution in [2.45, 2.75) is 25.3 Å². The minimum Gasteiger partial charge on any atom is -0.335 e. The van der Waals surface area contributed by atoms with E-state index in [9.17, 15) is 4.79 Å². The van der Waals surface area contributed by atoms with E-state index in [1.54, 1.807) is 12.3 Å². The number of hydrogen-bond donors (Lipinski definition) is 0. The van der Waals surface area contributed by atoms with Crippen molar-refractivity contribution in [3.8, 4) is 0 Å². The van der Waals surface area contributed by atoms with E-state index in [1.165, 1.54) is 19.0 Å². The highest BCUT2D eigenvalue weighted by Gasteiger charge is 2.40. The summed E-state index contributed by atoms with van der Waals surface area (Å²) in [5, 5.41) is 0.454. The number of halogens is 1. The van der Waals surface area contributed by atoms with Gasteiger partial charge in [0.25, 0.3) is 5.91 Å². The molecule has 0 aromatic carbocycles. The van der Waals surface area contributed by atoms with Gasteiger partial charge < -0.3 is 4.90 Å². The maximum atomic E-state index is 12.3. The smallest absolute Gasteiger partial charge is 0.255 e. The Morgan fingerprint density at radius 1 is 1.50 bits per heavy atom. The summed E-state index contributed by atoms with van der Waals surface area (Å²) in [4.78, 5) is 18.2. The lowest BCUT2D eigenvalue weighted by atomic mass is 10.1. The van der Waals surface area contributed by atoms with Crippen LogP contribution in [0.2, 0.25) is 5.02 Å². The van der Waals surface area contributed by atoms with Crippen LogP contribution in [0.4, 0.5) is 0 Å². The molecule has 2 fully saturated rings. The van der Waals surface area contributed by atoms with Crippen LogP contribution in [0.15, 0.2) is 18.5 Å². The maximum absolute atomic E-state index is 12.3. The fourth-order valence-electron chi connectivity index (χ4n) is 2.88. The first kappa shape index (κ1) is 10.1. The van der Waals surface area contributed by atoms with Gasteiger partial charge in [-0.1, -0.05) is 11.6 Å². The summed E-state index contributed by atoms with van der Waals surface area (Å²) in [5.74, 6) is 0.786. The third-order valence-corrected chi connectivity index (χ3v) is 3.97. The highest BCUT2D eigenvalue weighted by Crippen LogP contribution is 2.38. The standard InChI is InChI=1S/C12H13ClN2O/c13-11-6-14-4-3-10(11)12(16)15-7-8-1-2-9(15)5-8/h3-4,6,8-9H,1-2,5,7H2. The average Bonchev–Trinajstić information content (AvgIpc) is 2.90. The summed E-state index contributed by atoms with van der Waals surface area (Å²) in [6, 6.07) is 2.15. The van der Waals surface area contributed by atoms with Crippen molar-refractivity contribution in [1.29, 1.82) is 0 Å². The fourth-order valence-corrected chi connectivity index (χ4v) is 3.08. The molecule has 1 aliphatic carbocycles. The lowest BCUT2D eigenvalue weighted by molar-refractivity contribution is 0.0703. The van der Waals surface area contributed by atoms with Gasteiger partial charge >= 0.3 is 0 Å². The van der Waals surface area contributed by atoms with Crippen molar-refractivity contribution in [1.82, 2.24) is 9.88 Å². The predicted molar refractivity (Wildman–Crippen MR) is 61.4 cm³/mol. The Kier molecular flexibility index (Phi) is 2.36. The van der Waals surface area contributed by atoms with Crippen molar-refractivity contribution < 1.29 is 4.79 Å². The molecule has 0 spiro atoms. The molecule has 1 aliphatic heterocycles. The number of piperidine rings is 1. The minimum absolute atomic E-state index is 0.0691. The second-order valence-electron chi connectivity index (χ2n) is 4.65. The van der Waals surface area contributed by atoms with Crippen molar-refractivity contribution >= 4 is 17.5 Å². The summed E-state index contributed by atoms with van der Waals surface area (Å²) < 4.78 is 0. The second-order valence-corrected chi connectivity index (χ2v) is 5.05. The van der Waals surface area contributed by atoms with Gasteiger partial charge in [0, 0.05) is 25.0 Å². The zero-order valence-electron chi connectivity index (χ0n) is 8.90. The first-order chi connectivity index (χ1) is 7.75. The largest absolute Gasteiger partial charge is 0.335 e. The number of pyridine rings is 1. The molecule has 2 bridgehead atoms. The molecule has 84 valence electrons. The van der Waals surface area contributed by atoms with Gasteiger partial charge in [0.05, 0.1) is 10.6 Å². The molecule has 0 N–H and O–H groups in total. The molecule has 1 amide bonds. The molecule has 1 aromatic rings. The fraction of sp³-hybridized carbons (Fsp3) is 0.500. The quantitative estimate of drug-likeness (QED) is 0.750. The number of carbonyl (C=O) groups excluding carboxylic acids is 1. The minimum atomic E-state index is 0.0691. The van der Waals surface area contributed by atoms with E-state index in [2.05, 4.69) is 4.98 Å². The summed E-state index contributed by atoms with van der Waals surface area (Å²) in [6.07, 6.45) is 6.75. The van der Waals surface area contributed by atoms with Crippen molar-refractivity contribution in [2.75, 3.05) is 6.54 Å². The third-order valence-electron chi connectivity index (χ3n) is 3.67. The number of nitrogens with zero attached hydrogens (tertiary/aromatic N) is 2. The average molecular weight is 237 g/mol. The predicted octanol–water partition coefficient (Wildman–Crippen LogP) is 2.36. The van der Waals surface area contributed by atoms with Crippen LogP contribution in [0.1, 0.15) is 29.6 Å². The molecular formula is C12H13ClN2O.